The molecule has 0 aromatic heterocycles. The molecule has 2 rings (SSSR count). The summed E-state index contributed by atoms with van der Waals surface area (Å²) in [7, 11) is 0. The van der Waals surface area contributed by atoms with E-state index in [1.807, 2.05) is 18.2 Å². The zero-order chi connectivity index (χ0) is 11.4. The van der Waals surface area contributed by atoms with Crippen molar-refractivity contribution in [1.29, 1.82) is 0 Å². The molecule has 2 nitrogen and oxygen atoms in total. The molecule has 0 saturated heterocycles. The molecule has 0 aliphatic heterocycles. The summed E-state index contributed by atoms with van der Waals surface area (Å²) >= 11 is 0. The molecule has 1 aromatic carbocycles. The number of rotatable bonds is 3. The molecule has 16 heavy (non-hydrogen) atoms. The van der Waals surface area contributed by atoms with Gasteiger partial charge in [0, 0.05) is 0 Å². The van der Waals surface area contributed by atoms with Crippen LogP contribution in [0.15, 0.2) is 30.3 Å². The Morgan fingerprint density at radius 1 is 1.19 bits per heavy atom. The Kier molecular flexibility index (Phi) is 3.60. The lowest BCUT2D eigenvalue weighted by Crippen LogP contribution is -2.28. The topological polar surface area (TPSA) is 37.3 Å². The Bertz CT molecular complexity index is 345. The van der Waals surface area contributed by atoms with Crippen LogP contribution in [0.1, 0.15) is 31.2 Å². The van der Waals surface area contributed by atoms with Gasteiger partial charge in [-0.05, 0) is 30.7 Å². The molecule has 0 spiro atoms. The third-order valence-corrected chi connectivity index (χ3v) is 3.57. The van der Waals surface area contributed by atoms with Gasteiger partial charge < -0.3 is 5.11 Å². The van der Waals surface area contributed by atoms with Crippen molar-refractivity contribution in [2.45, 2.75) is 32.1 Å². The minimum absolute atomic E-state index is 0.131. The van der Waals surface area contributed by atoms with Crippen molar-refractivity contribution in [3.63, 3.8) is 0 Å². The smallest absolute Gasteiger partial charge is 0.306 e. The van der Waals surface area contributed by atoms with E-state index in [9.17, 15) is 9.90 Å². The molecule has 1 fully saturated rings. The second kappa shape index (κ2) is 5.15. The van der Waals surface area contributed by atoms with Gasteiger partial charge in [-0.1, -0.05) is 43.2 Å². The average molecular weight is 218 g/mol. The minimum atomic E-state index is -0.611. The molecule has 2 heteroatoms. The second-order valence-electron chi connectivity index (χ2n) is 4.68. The van der Waals surface area contributed by atoms with Gasteiger partial charge >= 0.3 is 5.97 Å². The first-order valence-electron chi connectivity index (χ1n) is 6.04. The lowest BCUT2D eigenvalue weighted by Gasteiger charge is -2.28. The summed E-state index contributed by atoms with van der Waals surface area (Å²) in [6.45, 7) is 0. The summed E-state index contributed by atoms with van der Waals surface area (Å²) in [5.74, 6) is -0.414. The van der Waals surface area contributed by atoms with Crippen molar-refractivity contribution in [1.82, 2.24) is 0 Å². The van der Waals surface area contributed by atoms with Crippen molar-refractivity contribution in [2.75, 3.05) is 0 Å². The molecular formula is C14H18O2. The largest absolute Gasteiger partial charge is 0.481 e. The molecule has 1 aromatic rings. The highest BCUT2D eigenvalue weighted by Crippen LogP contribution is 2.32. The number of carbonyl (C=O) groups is 1. The van der Waals surface area contributed by atoms with Crippen molar-refractivity contribution in [2.24, 2.45) is 11.8 Å². The SMILES string of the molecule is O=C(O)[C@@H]1CCCC[C@H]1Cc1ccccc1. The monoisotopic (exact) mass is 218 g/mol. The van der Waals surface area contributed by atoms with E-state index in [4.69, 9.17) is 0 Å². The van der Waals surface area contributed by atoms with Crippen LogP contribution in [0.5, 0.6) is 0 Å². The maximum Gasteiger partial charge on any atom is 0.306 e. The van der Waals surface area contributed by atoms with Gasteiger partial charge in [0.2, 0.25) is 0 Å². The predicted molar refractivity (Wildman–Crippen MR) is 63.2 cm³/mol. The molecule has 86 valence electrons. The number of carboxylic acid groups (broad SMARTS) is 1. The van der Waals surface area contributed by atoms with Crippen LogP contribution < -0.4 is 0 Å². The van der Waals surface area contributed by atoms with Crippen LogP contribution in [0.25, 0.3) is 0 Å². The molecule has 1 aliphatic rings. The Hall–Kier alpha value is -1.31. The standard InChI is InChI=1S/C14H18O2/c15-14(16)13-9-5-4-8-12(13)10-11-6-2-1-3-7-11/h1-3,6-7,12-13H,4-5,8-10H2,(H,15,16)/t12-,13+/m0/s1. The summed E-state index contributed by atoms with van der Waals surface area (Å²) in [4.78, 5) is 11.2. The number of aliphatic carboxylic acids is 1. The van der Waals surface area contributed by atoms with Gasteiger partial charge in [0.25, 0.3) is 0 Å². The lowest BCUT2D eigenvalue weighted by atomic mass is 9.76. The molecule has 0 amide bonds. The molecule has 0 radical (unpaired) electrons. The normalized spacial score (nSPS) is 25.2. The summed E-state index contributed by atoms with van der Waals surface area (Å²) in [6, 6.07) is 10.2. The summed E-state index contributed by atoms with van der Waals surface area (Å²) in [6.07, 6.45) is 5.08. The number of carboxylic acids is 1. The minimum Gasteiger partial charge on any atom is -0.481 e. The highest BCUT2D eigenvalue weighted by Gasteiger charge is 2.30. The molecular weight excluding hydrogens is 200 g/mol. The van der Waals surface area contributed by atoms with E-state index >= 15 is 0 Å². The van der Waals surface area contributed by atoms with Crippen LogP contribution in [0.3, 0.4) is 0 Å². The van der Waals surface area contributed by atoms with E-state index in [2.05, 4.69) is 12.1 Å². The van der Waals surface area contributed by atoms with Crippen molar-refractivity contribution >= 4 is 5.97 Å². The molecule has 1 aliphatic carbocycles. The Balaban J connectivity index is 2.04. The highest BCUT2D eigenvalue weighted by molar-refractivity contribution is 5.70. The third kappa shape index (κ3) is 2.63. The first kappa shape index (κ1) is 11.2. The van der Waals surface area contributed by atoms with Crippen molar-refractivity contribution < 1.29 is 9.90 Å². The fourth-order valence-electron chi connectivity index (χ4n) is 2.69. The van der Waals surface area contributed by atoms with Gasteiger partial charge in [0.1, 0.15) is 0 Å². The molecule has 0 bridgehead atoms. The molecule has 1 N–H and O–H groups in total. The maximum absolute atomic E-state index is 11.2. The van der Waals surface area contributed by atoms with Crippen LogP contribution in [-0.2, 0) is 11.2 Å². The Labute approximate surface area is 96.3 Å². The van der Waals surface area contributed by atoms with Gasteiger partial charge in [0.05, 0.1) is 5.92 Å². The van der Waals surface area contributed by atoms with Crippen LogP contribution >= 0.6 is 0 Å². The highest BCUT2D eigenvalue weighted by atomic mass is 16.4. The van der Waals surface area contributed by atoms with Gasteiger partial charge in [-0.2, -0.15) is 0 Å². The van der Waals surface area contributed by atoms with E-state index < -0.39 is 5.97 Å². The van der Waals surface area contributed by atoms with E-state index in [1.54, 1.807) is 0 Å². The van der Waals surface area contributed by atoms with Gasteiger partial charge in [-0.15, -0.1) is 0 Å². The van der Waals surface area contributed by atoms with Crippen molar-refractivity contribution in [3.05, 3.63) is 35.9 Å². The van der Waals surface area contributed by atoms with E-state index in [1.165, 1.54) is 12.0 Å². The van der Waals surface area contributed by atoms with Gasteiger partial charge in [0.15, 0.2) is 0 Å². The van der Waals surface area contributed by atoms with Crippen LogP contribution in [0.4, 0.5) is 0 Å². The van der Waals surface area contributed by atoms with E-state index in [0.717, 1.165) is 25.7 Å². The number of hydrogen-bond donors (Lipinski definition) is 1. The summed E-state index contributed by atoms with van der Waals surface area (Å²) in [5.41, 5.74) is 1.26. The van der Waals surface area contributed by atoms with Gasteiger partial charge in [-0.25, -0.2) is 0 Å². The second-order valence-corrected chi connectivity index (χ2v) is 4.68. The zero-order valence-corrected chi connectivity index (χ0v) is 9.43. The van der Waals surface area contributed by atoms with E-state index in [0.29, 0.717) is 5.92 Å². The van der Waals surface area contributed by atoms with Crippen LogP contribution in [0.2, 0.25) is 0 Å². The molecule has 1 saturated carbocycles. The first-order chi connectivity index (χ1) is 7.77. The molecule has 0 heterocycles. The Morgan fingerprint density at radius 2 is 1.88 bits per heavy atom. The molecule has 2 atom stereocenters. The third-order valence-electron chi connectivity index (χ3n) is 3.57. The zero-order valence-electron chi connectivity index (χ0n) is 9.43. The fraction of sp³-hybridized carbons (Fsp3) is 0.500. The maximum atomic E-state index is 11.2. The fourth-order valence-corrected chi connectivity index (χ4v) is 2.69. The number of hydrogen-bond acceptors (Lipinski definition) is 1. The lowest BCUT2D eigenvalue weighted by molar-refractivity contribution is -0.144. The average Bonchev–Trinajstić information content (AvgIpc) is 2.31. The summed E-state index contributed by atoms with van der Waals surface area (Å²) in [5, 5.41) is 9.19. The van der Waals surface area contributed by atoms with Crippen LogP contribution in [-0.4, -0.2) is 11.1 Å². The molecule has 0 unspecified atom stereocenters. The van der Waals surface area contributed by atoms with Crippen LogP contribution in [0, 0.1) is 11.8 Å². The number of benzene rings is 1. The van der Waals surface area contributed by atoms with Gasteiger partial charge in [-0.3, -0.25) is 4.79 Å². The first-order valence-corrected chi connectivity index (χ1v) is 6.04. The van der Waals surface area contributed by atoms with E-state index in [-0.39, 0.29) is 5.92 Å². The predicted octanol–water partition coefficient (Wildman–Crippen LogP) is 3.12. The van der Waals surface area contributed by atoms with Crippen molar-refractivity contribution in [3.8, 4) is 0 Å². The Morgan fingerprint density at radius 3 is 2.56 bits per heavy atom. The summed E-state index contributed by atoms with van der Waals surface area (Å²) < 4.78 is 0. The quantitative estimate of drug-likeness (QED) is 0.846.